The summed E-state index contributed by atoms with van der Waals surface area (Å²) >= 11 is 0. The number of ether oxygens (including phenoxy) is 1. The highest BCUT2D eigenvalue weighted by molar-refractivity contribution is 5.79. The highest BCUT2D eigenvalue weighted by Crippen LogP contribution is 2.18. The standard InChI is InChI=1S/C13H19NO2/c1-4-14(5-2)13(15)10-11-8-6-7-9-12(11)16-3/h6-9H,4-5,10H2,1-3H3. The monoisotopic (exact) mass is 221 g/mol. The minimum absolute atomic E-state index is 0.148. The predicted octanol–water partition coefficient (Wildman–Crippen LogP) is 2.11. The van der Waals surface area contributed by atoms with Crippen LogP contribution in [0.25, 0.3) is 0 Å². The fourth-order valence-electron chi connectivity index (χ4n) is 1.70. The van der Waals surface area contributed by atoms with Crippen LogP contribution < -0.4 is 4.74 Å². The maximum atomic E-state index is 11.9. The van der Waals surface area contributed by atoms with Crippen LogP contribution in [0, 0.1) is 0 Å². The molecule has 0 bridgehead atoms. The molecule has 1 aromatic carbocycles. The first-order valence-corrected chi connectivity index (χ1v) is 5.62. The predicted molar refractivity (Wildman–Crippen MR) is 64.6 cm³/mol. The molecule has 0 unspecified atom stereocenters. The van der Waals surface area contributed by atoms with Crippen LogP contribution in [0.1, 0.15) is 19.4 Å². The van der Waals surface area contributed by atoms with Crippen molar-refractivity contribution in [2.45, 2.75) is 20.3 Å². The van der Waals surface area contributed by atoms with E-state index in [2.05, 4.69) is 0 Å². The molecule has 1 aromatic rings. The molecule has 0 heterocycles. The molecule has 3 heteroatoms. The van der Waals surface area contributed by atoms with Gasteiger partial charge in [-0.3, -0.25) is 4.79 Å². The van der Waals surface area contributed by atoms with Gasteiger partial charge in [0.15, 0.2) is 0 Å². The molecule has 0 aliphatic heterocycles. The maximum absolute atomic E-state index is 11.9. The van der Waals surface area contributed by atoms with Gasteiger partial charge in [0, 0.05) is 18.7 Å². The lowest BCUT2D eigenvalue weighted by Gasteiger charge is -2.19. The largest absolute Gasteiger partial charge is 0.496 e. The summed E-state index contributed by atoms with van der Waals surface area (Å²) in [5.74, 6) is 0.928. The molecule has 0 radical (unpaired) electrons. The van der Waals surface area contributed by atoms with E-state index in [1.807, 2.05) is 43.0 Å². The molecule has 0 spiro atoms. The van der Waals surface area contributed by atoms with E-state index in [1.54, 1.807) is 7.11 Å². The van der Waals surface area contributed by atoms with Crippen LogP contribution in [0.3, 0.4) is 0 Å². The molecular formula is C13H19NO2. The lowest BCUT2D eigenvalue weighted by atomic mass is 10.1. The SMILES string of the molecule is CCN(CC)C(=O)Cc1ccccc1OC. The van der Waals surface area contributed by atoms with E-state index in [0.29, 0.717) is 6.42 Å². The molecule has 0 aliphatic carbocycles. The van der Waals surface area contributed by atoms with Crippen LogP contribution >= 0.6 is 0 Å². The van der Waals surface area contributed by atoms with Crippen molar-refractivity contribution in [1.29, 1.82) is 0 Å². The molecule has 0 fully saturated rings. The van der Waals surface area contributed by atoms with Gasteiger partial charge in [-0.15, -0.1) is 0 Å². The summed E-state index contributed by atoms with van der Waals surface area (Å²) in [6.45, 7) is 5.49. The first-order valence-electron chi connectivity index (χ1n) is 5.62. The van der Waals surface area contributed by atoms with E-state index < -0.39 is 0 Å². The second-order valence-corrected chi connectivity index (χ2v) is 3.55. The van der Waals surface area contributed by atoms with Gasteiger partial charge in [0.05, 0.1) is 13.5 Å². The highest BCUT2D eigenvalue weighted by Gasteiger charge is 2.12. The van der Waals surface area contributed by atoms with E-state index in [1.165, 1.54) is 0 Å². The Bertz CT molecular complexity index is 346. The molecule has 88 valence electrons. The summed E-state index contributed by atoms with van der Waals surface area (Å²) in [7, 11) is 1.63. The van der Waals surface area contributed by atoms with Gasteiger partial charge in [-0.05, 0) is 19.9 Å². The molecule has 0 saturated heterocycles. The molecule has 0 aromatic heterocycles. The zero-order chi connectivity index (χ0) is 12.0. The first kappa shape index (κ1) is 12.6. The minimum Gasteiger partial charge on any atom is -0.496 e. The van der Waals surface area contributed by atoms with Crippen LogP contribution in [0.2, 0.25) is 0 Å². The molecule has 0 saturated carbocycles. The van der Waals surface area contributed by atoms with Crippen molar-refractivity contribution in [2.24, 2.45) is 0 Å². The Labute approximate surface area is 97.0 Å². The van der Waals surface area contributed by atoms with Crippen LogP contribution in [-0.2, 0) is 11.2 Å². The van der Waals surface area contributed by atoms with Gasteiger partial charge in [0.1, 0.15) is 5.75 Å². The van der Waals surface area contributed by atoms with Gasteiger partial charge in [-0.2, -0.15) is 0 Å². The summed E-state index contributed by atoms with van der Waals surface area (Å²) < 4.78 is 5.22. The third-order valence-corrected chi connectivity index (χ3v) is 2.65. The van der Waals surface area contributed by atoms with Crippen molar-refractivity contribution in [3.63, 3.8) is 0 Å². The van der Waals surface area contributed by atoms with Crippen molar-refractivity contribution >= 4 is 5.91 Å². The molecule has 0 N–H and O–H groups in total. The van der Waals surface area contributed by atoms with Crippen molar-refractivity contribution in [3.8, 4) is 5.75 Å². The molecule has 0 atom stereocenters. The summed E-state index contributed by atoms with van der Waals surface area (Å²) in [4.78, 5) is 13.7. The quantitative estimate of drug-likeness (QED) is 0.762. The molecule has 3 nitrogen and oxygen atoms in total. The minimum atomic E-state index is 0.148. The average Bonchev–Trinajstić information content (AvgIpc) is 2.31. The van der Waals surface area contributed by atoms with E-state index >= 15 is 0 Å². The summed E-state index contributed by atoms with van der Waals surface area (Å²) in [5.41, 5.74) is 0.946. The fourth-order valence-corrected chi connectivity index (χ4v) is 1.70. The third-order valence-electron chi connectivity index (χ3n) is 2.65. The molecule has 1 rings (SSSR count). The van der Waals surface area contributed by atoms with Crippen LogP contribution in [0.15, 0.2) is 24.3 Å². The van der Waals surface area contributed by atoms with Gasteiger partial charge in [-0.25, -0.2) is 0 Å². The molecule has 1 amide bonds. The Balaban J connectivity index is 2.76. The van der Waals surface area contributed by atoms with Crippen LogP contribution in [0.5, 0.6) is 5.75 Å². The first-order chi connectivity index (χ1) is 7.72. The number of nitrogens with zero attached hydrogens (tertiary/aromatic N) is 1. The van der Waals surface area contributed by atoms with Crippen molar-refractivity contribution in [1.82, 2.24) is 4.90 Å². The van der Waals surface area contributed by atoms with E-state index in [9.17, 15) is 4.79 Å². The number of amides is 1. The summed E-state index contributed by atoms with van der Waals surface area (Å²) in [6.07, 6.45) is 0.408. The Hall–Kier alpha value is -1.51. The second-order valence-electron chi connectivity index (χ2n) is 3.55. The number of benzene rings is 1. The van der Waals surface area contributed by atoms with Gasteiger partial charge < -0.3 is 9.64 Å². The number of methoxy groups -OCH3 is 1. The Morgan fingerprint density at radius 2 is 1.88 bits per heavy atom. The lowest BCUT2D eigenvalue weighted by Crippen LogP contribution is -2.31. The number of para-hydroxylation sites is 1. The fraction of sp³-hybridized carbons (Fsp3) is 0.462. The van der Waals surface area contributed by atoms with Gasteiger partial charge in [0.25, 0.3) is 0 Å². The van der Waals surface area contributed by atoms with Crippen LogP contribution in [-0.4, -0.2) is 31.0 Å². The number of rotatable bonds is 5. The Kier molecular flexibility index (Phi) is 4.83. The maximum Gasteiger partial charge on any atom is 0.227 e. The topological polar surface area (TPSA) is 29.5 Å². The Morgan fingerprint density at radius 3 is 2.44 bits per heavy atom. The summed E-state index contributed by atoms with van der Waals surface area (Å²) in [6, 6.07) is 7.64. The van der Waals surface area contributed by atoms with E-state index in [0.717, 1.165) is 24.4 Å². The van der Waals surface area contributed by atoms with Crippen molar-refractivity contribution in [3.05, 3.63) is 29.8 Å². The second kappa shape index (κ2) is 6.16. The molecule has 0 aliphatic rings. The smallest absolute Gasteiger partial charge is 0.227 e. The number of hydrogen-bond donors (Lipinski definition) is 0. The van der Waals surface area contributed by atoms with Gasteiger partial charge >= 0.3 is 0 Å². The Morgan fingerprint density at radius 1 is 1.25 bits per heavy atom. The number of carbonyl (C=O) groups is 1. The van der Waals surface area contributed by atoms with Crippen LogP contribution in [0.4, 0.5) is 0 Å². The molecular weight excluding hydrogens is 202 g/mol. The number of hydrogen-bond acceptors (Lipinski definition) is 2. The zero-order valence-corrected chi connectivity index (χ0v) is 10.2. The highest BCUT2D eigenvalue weighted by atomic mass is 16.5. The van der Waals surface area contributed by atoms with Gasteiger partial charge in [0.2, 0.25) is 5.91 Å². The van der Waals surface area contributed by atoms with Crippen molar-refractivity contribution in [2.75, 3.05) is 20.2 Å². The number of carbonyl (C=O) groups excluding carboxylic acids is 1. The van der Waals surface area contributed by atoms with Gasteiger partial charge in [-0.1, -0.05) is 18.2 Å². The summed E-state index contributed by atoms with van der Waals surface area (Å²) in [5, 5.41) is 0. The van der Waals surface area contributed by atoms with Crippen molar-refractivity contribution < 1.29 is 9.53 Å². The molecule has 16 heavy (non-hydrogen) atoms. The van der Waals surface area contributed by atoms with E-state index in [-0.39, 0.29) is 5.91 Å². The number of likely N-dealkylation sites (N-methyl/N-ethyl adjacent to an activating group) is 1. The zero-order valence-electron chi connectivity index (χ0n) is 10.2. The van der Waals surface area contributed by atoms with E-state index in [4.69, 9.17) is 4.74 Å². The normalized spacial score (nSPS) is 9.94. The third kappa shape index (κ3) is 2.99. The lowest BCUT2D eigenvalue weighted by molar-refractivity contribution is -0.130. The average molecular weight is 221 g/mol.